The summed E-state index contributed by atoms with van der Waals surface area (Å²) in [6.07, 6.45) is 0.258. The lowest BCUT2D eigenvalue weighted by Crippen LogP contribution is -2.33. The maximum atomic E-state index is 10.9. The molecule has 80 valence electrons. The minimum atomic E-state index is -0.250. The fraction of sp³-hybridized carbons (Fsp3) is 0.778. The normalized spacial score (nSPS) is 18.1. The molecule has 0 saturated carbocycles. The van der Waals surface area contributed by atoms with E-state index in [9.17, 15) is 4.79 Å². The highest BCUT2D eigenvalue weighted by molar-refractivity contribution is 5.97. The van der Waals surface area contributed by atoms with E-state index < -0.39 is 0 Å². The number of nitrogens with zero attached hydrogens (tertiary/aromatic N) is 2. The second kappa shape index (κ2) is 5.59. The molecule has 1 saturated heterocycles. The number of methoxy groups -OCH3 is 1. The van der Waals surface area contributed by atoms with Crippen LogP contribution in [0.25, 0.3) is 0 Å². The summed E-state index contributed by atoms with van der Waals surface area (Å²) < 4.78 is 9.73. The van der Waals surface area contributed by atoms with Crippen LogP contribution in [0.4, 0.5) is 0 Å². The molecule has 1 aliphatic rings. The van der Waals surface area contributed by atoms with Crippen LogP contribution in [0.1, 0.15) is 13.3 Å². The molecular weight excluding hydrogens is 184 g/mol. The average Bonchev–Trinajstić information content (AvgIpc) is 2.19. The number of hydrogen-bond acceptors (Lipinski definition) is 5. The quantitative estimate of drug-likeness (QED) is 0.484. The summed E-state index contributed by atoms with van der Waals surface area (Å²) >= 11 is 0. The van der Waals surface area contributed by atoms with E-state index in [1.165, 1.54) is 7.11 Å². The summed E-state index contributed by atoms with van der Waals surface area (Å²) in [5, 5.41) is 6.21. The van der Waals surface area contributed by atoms with Crippen molar-refractivity contribution in [3.05, 3.63) is 0 Å². The predicted octanol–water partition coefficient (Wildman–Crippen LogP) is 0.258. The molecule has 5 nitrogen and oxygen atoms in total. The van der Waals surface area contributed by atoms with Crippen molar-refractivity contribution < 1.29 is 14.3 Å². The Morgan fingerprint density at radius 2 is 2.14 bits per heavy atom. The first kappa shape index (κ1) is 11.0. The molecule has 5 heteroatoms. The third-order valence-corrected chi connectivity index (χ3v) is 1.93. The van der Waals surface area contributed by atoms with Gasteiger partial charge in [-0.1, -0.05) is 0 Å². The second-order valence-electron chi connectivity index (χ2n) is 3.15. The van der Waals surface area contributed by atoms with E-state index in [0.717, 1.165) is 18.8 Å². The Morgan fingerprint density at radius 1 is 1.50 bits per heavy atom. The number of hydrazone groups is 1. The van der Waals surface area contributed by atoms with Crippen LogP contribution in [0.5, 0.6) is 0 Å². The van der Waals surface area contributed by atoms with E-state index in [2.05, 4.69) is 9.84 Å². The van der Waals surface area contributed by atoms with Crippen LogP contribution >= 0.6 is 0 Å². The minimum absolute atomic E-state index is 0.250. The van der Waals surface area contributed by atoms with E-state index >= 15 is 0 Å². The summed E-state index contributed by atoms with van der Waals surface area (Å²) in [5.41, 5.74) is 0.777. The average molecular weight is 200 g/mol. The van der Waals surface area contributed by atoms with Crippen molar-refractivity contribution in [1.82, 2.24) is 5.01 Å². The molecule has 1 rings (SSSR count). The Labute approximate surface area is 83.7 Å². The highest BCUT2D eigenvalue weighted by Gasteiger charge is 2.09. The zero-order chi connectivity index (χ0) is 10.4. The van der Waals surface area contributed by atoms with E-state index in [4.69, 9.17) is 4.74 Å². The molecule has 0 aliphatic carbocycles. The first-order valence-electron chi connectivity index (χ1n) is 4.66. The largest absolute Gasteiger partial charge is 0.469 e. The first-order chi connectivity index (χ1) is 6.72. The van der Waals surface area contributed by atoms with Gasteiger partial charge in [0.1, 0.15) is 0 Å². The van der Waals surface area contributed by atoms with Crippen molar-refractivity contribution in [2.45, 2.75) is 13.3 Å². The maximum Gasteiger partial charge on any atom is 0.311 e. The molecular formula is C9H16N2O3. The third-order valence-electron chi connectivity index (χ3n) is 1.93. The fourth-order valence-electron chi connectivity index (χ4n) is 1.21. The predicted molar refractivity (Wildman–Crippen MR) is 52.1 cm³/mol. The molecule has 0 radical (unpaired) electrons. The lowest BCUT2D eigenvalue weighted by Gasteiger charge is -2.24. The van der Waals surface area contributed by atoms with Crippen LogP contribution in [0.3, 0.4) is 0 Å². The summed E-state index contributed by atoms with van der Waals surface area (Å²) in [4.78, 5) is 10.9. The molecule has 0 spiro atoms. The van der Waals surface area contributed by atoms with Gasteiger partial charge in [-0.05, 0) is 6.92 Å². The third kappa shape index (κ3) is 3.74. The van der Waals surface area contributed by atoms with E-state index in [1.807, 2.05) is 11.9 Å². The molecule has 0 aromatic carbocycles. The number of carbonyl (C=O) groups is 1. The van der Waals surface area contributed by atoms with Crippen molar-refractivity contribution in [2.24, 2.45) is 5.10 Å². The highest BCUT2D eigenvalue weighted by atomic mass is 16.5. The van der Waals surface area contributed by atoms with Gasteiger partial charge in [-0.25, -0.2) is 0 Å². The van der Waals surface area contributed by atoms with Gasteiger partial charge < -0.3 is 9.47 Å². The summed E-state index contributed by atoms with van der Waals surface area (Å²) in [6.45, 7) is 4.81. The zero-order valence-corrected chi connectivity index (χ0v) is 8.65. The van der Waals surface area contributed by atoms with Gasteiger partial charge in [-0.15, -0.1) is 0 Å². The van der Waals surface area contributed by atoms with Crippen LogP contribution in [-0.4, -0.2) is 50.1 Å². The molecule has 14 heavy (non-hydrogen) atoms. The first-order valence-corrected chi connectivity index (χ1v) is 4.66. The lowest BCUT2D eigenvalue weighted by atomic mass is 10.3. The van der Waals surface area contributed by atoms with Crippen LogP contribution < -0.4 is 0 Å². The number of rotatable bonds is 3. The van der Waals surface area contributed by atoms with Crippen LogP contribution in [0.15, 0.2) is 5.10 Å². The van der Waals surface area contributed by atoms with Gasteiger partial charge in [0, 0.05) is 5.71 Å². The second-order valence-corrected chi connectivity index (χ2v) is 3.15. The van der Waals surface area contributed by atoms with Gasteiger partial charge in [0.05, 0.1) is 39.8 Å². The van der Waals surface area contributed by atoms with Gasteiger partial charge in [0.25, 0.3) is 0 Å². The zero-order valence-electron chi connectivity index (χ0n) is 8.65. The summed E-state index contributed by atoms with van der Waals surface area (Å²) in [6, 6.07) is 0. The molecule has 0 aromatic heterocycles. The number of morpholine rings is 1. The minimum Gasteiger partial charge on any atom is -0.469 e. The van der Waals surface area contributed by atoms with Crippen molar-refractivity contribution >= 4 is 11.7 Å². The molecule has 1 heterocycles. The molecule has 1 aliphatic heterocycles. The molecule has 0 atom stereocenters. The highest BCUT2D eigenvalue weighted by Crippen LogP contribution is 1.99. The van der Waals surface area contributed by atoms with Gasteiger partial charge >= 0.3 is 5.97 Å². The molecule has 0 aromatic rings. The SMILES string of the molecule is COC(=O)CC(C)=NN1CCOCC1. The van der Waals surface area contributed by atoms with Crippen molar-refractivity contribution in [2.75, 3.05) is 33.4 Å². The van der Waals surface area contributed by atoms with Crippen molar-refractivity contribution in [3.8, 4) is 0 Å². The fourth-order valence-corrected chi connectivity index (χ4v) is 1.21. The number of hydrogen-bond donors (Lipinski definition) is 0. The number of ether oxygens (including phenoxy) is 2. The Morgan fingerprint density at radius 3 is 2.71 bits per heavy atom. The lowest BCUT2D eigenvalue weighted by molar-refractivity contribution is -0.139. The van der Waals surface area contributed by atoms with Crippen LogP contribution in [0, 0.1) is 0 Å². The van der Waals surface area contributed by atoms with Crippen molar-refractivity contribution in [3.63, 3.8) is 0 Å². The maximum absolute atomic E-state index is 10.9. The summed E-state index contributed by atoms with van der Waals surface area (Å²) in [5.74, 6) is -0.250. The Hall–Kier alpha value is -1.10. The van der Waals surface area contributed by atoms with Crippen molar-refractivity contribution in [1.29, 1.82) is 0 Å². The standard InChI is InChI=1S/C9H16N2O3/c1-8(7-9(12)13-2)10-11-3-5-14-6-4-11/h3-7H2,1-2H3. The topological polar surface area (TPSA) is 51.1 Å². The Balaban J connectivity index is 2.37. The van der Waals surface area contributed by atoms with E-state index in [0.29, 0.717) is 13.2 Å². The molecule has 1 fully saturated rings. The Bertz CT molecular complexity index is 222. The van der Waals surface area contributed by atoms with Gasteiger partial charge in [0.15, 0.2) is 0 Å². The number of esters is 1. The van der Waals surface area contributed by atoms with Gasteiger partial charge in [-0.3, -0.25) is 9.80 Å². The smallest absolute Gasteiger partial charge is 0.311 e. The van der Waals surface area contributed by atoms with E-state index in [-0.39, 0.29) is 12.4 Å². The Kier molecular flexibility index (Phi) is 4.39. The monoisotopic (exact) mass is 200 g/mol. The van der Waals surface area contributed by atoms with Crippen LogP contribution in [0.2, 0.25) is 0 Å². The molecule has 0 bridgehead atoms. The number of carbonyl (C=O) groups excluding carboxylic acids is 1. The van der Waals surface area contributed by atoms with Gasteiger partial charge in [-0.2, -0.15) is 5.10 Å². The molecule has 0 N–H and O–H groups in total. The molecule has 0 amide bonds. The van der Waals surface area contributed by atoms with E-state index in [1.54, 1.807) is 0 Å². The summed E-state index contributed by atoms with van der Waals surface area (Å²) in [7, 11) is 1.38. The van der Waals surface area contributed by atoms with Crippen LogP contribution in [-0.2, 0) is 14.3 Å². The van der Waals surface area contributed by atoms with Gasteiger partial charge in [0.2, 0.25) is 0 Å². The molecule has 0 unspecified atom stereocenters.